The molecular weight excluding hydrogens is 126 g/mol. The molecule has 0 saturated carbocycles. The van der Waals surface area contributed by atoms with Gasteiger partial charge in [0.2, 0.25) is 5.91 Å². The maximum absolute atomic E-state index is 10.7. The van der Waals surface area contributed by atoms with Crippen LogP contribution in [0.3, 0.4) is 0 Å². The lowest BCUT2D eigenvalue weighted by molar-refractivity contribution is -0.119. The molecule has 0 radical (unpaired) electrons. The number of rotatable bonds is 1. The number of carbonyl (C=O) groups excluding carboxylic acids is 1. The maximum Gasteiger partial charge on any atom is 0.220 e. The molecule has 2 nitrogen and oxygen atoms in total. The fourth-order valence-corrected chi connectivity index (χ4v) is 1.06. The van der Waals surface area contributed by atoms with Gasteiger partial charge in [0.15, 0.2) is 0 Å². The SMILES string of the molecule is C=C=C(C)C1CCC(=O)N1. The fourth-order valence-electron chi connectivity index (χ4n) is 1.06. The minimum absolute atomic E-state index is 0.139. The van der Waals surface area contributed by atoms with Crippen molar-refractivity contribution in [3.63, 3.8) is 0 Å². The third-order valence-electron chi connectivity index (χ3n) is 1.80. The molecule has 1 heterocycles. The Morgan fingerprint density at radius 3 is 3.00 bits per heavy atom. The third-order valence-corrected chi connectivity index (χ3v) is 1.80. The van der Waals surface area contributed by atoms with Gasteiger partial charge in [0.05, 0.1) is 6.04 Å². The van der Waals surface area contributed by atoms with Crippen LogP contribution in [0.5, 0.6) is 0 Å². The van der Waals surface area contributed by atoms with Gasteiger partial charge in [-0.3, -0.25) is 4.79 Å². The van der Waals surface area contributed by atoms with Crippen LogP contribution in [-0.4, -0.2) is 11.9 Å². The quantitative estimate of drug-likeness (QED) is 0.537. The minimum Gasteiger partial charge on any atom is -0.349 e. The highest BCUT2D eigenvalue weighted by Gasteiger charge is 2.21. The number of hydrogen-bond acceptors (Lipinski definition) is 1. The molecule has 1 N–H and O–H groups in total. The van der Waals surface area contributed by atoms with Gasteiger partial charge in [-0.1, -0.05) is 6.58 Å². The molecule has 0 bridgehead atoms. The molecule has 0 aromatic carbocycles. The molecule has 1 aliphatic heterocycles. The Bertz CT molecular complexity index is 201. The smallest absolute Gasteiger partial charge is 0.220 e. The van der Waals surface area contributed by atoms with Crippen molar-refractivity contribution in [3.05, 3.63) is 17.9 Å². The van der Waals surface area contributed by atoms with E-state index in [2.05, 4.69) is 17.6 Å². The van der Waals surface area contributed by atoms with Crippen LogP contribution in [0.4, 0.5) is 0 Å². The molecule has 1 fully saturated rings. The van der Waals surface area contributed by atoms with Gasteiger partial charge in [0, 0.05) is 6.42 Å². The predicted molar refractivity (Wildman–Crippen MR) is 39.5 cm³/mol. The first-order valence-corrected chi connectivity index (χ1v) is 3.40. The first-order valence-electron chi connectivity index (χ1n) is 3.40. The molecule has 0 aliphatic carbocycles. The van der Waals surface area contributed by atoms with Crippen molar-refractivity contribution in [2.45, 2.75) is 25.8 Å². The first kappa shape index (κ1) is 7.10. The summed E-state index contributed by atoms with van der Waals surface area (Å²) in [5.74, 6) is 0.139. The van der Waals surface area contributed by atoms with E-state index in [-0.39, 0.29) is 11.9 Å². The van der Waals surface area contributed by atoms with Crippen molar-refractivity contribution in [1.82, 2.24) is 5.32 Å². The average Bonchev–Trinajstić information content (AvgIpc) is 2.34. The normalized spacial score (nSPS) is 23.7. The molecule has 1 atom stereocenters. The minimum atomic E-state index is 0.139. The Morgan fingerprint density at radius 2 is 2.60 bits per heavy atom. The molecule has 2 heteroatoms. The number of hydrogen-bond donors (Lipinski definition) is 1. The van der Waals surface area contributed by atoms with Gasteiger partial charge in [0.1, 0.15) is 0 Å². The van der Waals surface area contributed by atoms with Crippen LogP contribution in [0.25, 0.3) is 0 Å². The summed E-state index contributed by atoms with van der Waals surface area (Å²) >= 11 is 0. The van der Waals surface area contributed by atoms with E-state index in [4.69, 9.17) is 0 Å². The van der Waals surface area contributed by atoms with Gasteiger partial charge in [-0.15, -0.1) is 5.73 Å². The van der Waals surface area contributed by atoms with E-state index in [0.717, 1.165) is 12.0 Å². The van der Waals surface area contributed by atoms with E-state index >= 15 is 0 Å². The van der Waals surface area contributed by atoms with Crippen molar-refractivity contribution in [1.29, 1.82) is 0 Å². The van der Waals surface area contributed by atoms with Crippen LogP contribution < -0.4 is 5.32 Å². The van der Waals surface area contributed by atoms with Crippen LogP contribution in [0.2, 0.25) is 0 Å². The second kappa shape index (κ2) is 2.72. The third kappa shape index (κ3) is 1.28. The predicted octanol–water partition coefficient (Wildman–Crippen LogP) is 0.996. The van der Waals surface area contributed by atoms with Crippen LogP contribution in [0, 0.1) is 0 Å². The zero-order valence-corrected chi connectivity index (χ0v) is 6.11. The summed E-state index contributed by atoms with van der Waals surface area (Å²) in [5.41, 5.74) is 3.81. The fraction of sp³-hybridized carbons (Fsp3) is 0.500. The van der Waals surface area contributed by atoms with Crippen LogP contribution in [0.1, 0.15) is 19.8 Å². The monoisotopic (exact) mass is 137 g/mol. The Balaban J connectivity index is 2.61. The van der Waals surface area contributed by atoms with Crippen molar-refractivity contribution >= 4 is 5.91 Å². The highest BCUT2D eigenvalue weighted by molar-refractivity contribution is 5.79. The summed E-state index contributed by atoms with van der Waals surface area (Å²) in [7, 11) is 0. The highest BCUT2D eigenvalue weighted by Crippen LogP contribution is 2.12. The molecule has 10 heavy (non-hydrogen) atoms. The Kier molecular flexibility index (Phi) is 1.93. The Labute approximate surface area is 60.6 Å². The topological polar surface area (TPSA) is 29.1 Å². The van der Waals surface area contributed by atoms with Crippen molar-refractivity contribution in [2.24, 2.45) is 0 Å². The first-order chi connectivity index (χ1) is 4.74. The van der Waals surface area contributed by atoms with Gasteiger partial charge < -0.3 is 5.32 Å². The second-order valence-electron chi connectivity index (χ2n) is 2.52. The Morgan fingerprint density at radius 1 is 1.90 bits per heavy atom. The van der Waals surface area contributed by atoms with E-state index in [0.29, 0.717) is 6.42 Å². The van der Waals surface area contributed by atoms with Crippen LogP contribution >= 0.6 is 0 Å². The number of carbonyl (C=O) groups is 1. The lowest BCUT2D eigenvalue weighted by Crippen LogP contribution is -2.25. The summed E-state index contributed by atoms with van der Waals surface area (Å²) < 4.78 is 0. The maximum atomic E-state index is 10.7. The van der Waals surface area contributed by atoms with Gasteiger partial charge in [-0.2, -0.15) is 0 Å². The summed E-state index contributed by atoms with van der Waals surface area (Å²) in [6.07, 6.45) is 1.54. The van der Waals surface area contributed by atoms with E-state index in [1.54, 1.807) is 0 Å². The van der Waals surface area contributed by atoms with Gasteiger partial charge in [0.25, 0.3) is 0 Å². The standard InChI is InChI=1S/C8H11NO/c1-3-6(2)7-4-5-8(10)9-7/h7H,1,4-5H2,2H3,(H,9,10). The van der Waals surface area contributed by atoms with Crippen molar-refractivity contribution in [3.8, 4) is 0 Å². The van der Waals surface area contributed by atoms with Gasteiger partial charge in [-0.25, -0.2) is 0 Å². The van der Waals surface area contributed by atoms with E-state index in [1.807, 2.05) is 6.92 Å². The molecular formula is C8H11NO. The summed E-state index contributed by atoms with van der Waals surface area (Å²) in [6, 6.07) is 0.199. The summed E-state index contributed by atoms with van der Waals surface area (Å²) in [4.78, 5) is 10.7. The van der Waals surface area contributed by atoms with E-state index in [9.17, 15) is 4.79 Å². The molecule has 0 aromatic heterocycles. The number of amides is 1. The molecule has 1 saturated heterocycles. The summed E-state index contributed by atoms with van der Waals surface area (Å²) in [5, 5.41) is 2.83. The molecule has 1 amide bonds. The summed E-state index contributed by atoms with van der Waals surface area (Å²) in [6.45, 7) is 5.45. The second-order valence-corrected chi connectivity index (χ2v) is 2.52. The average molecular weight is 137 g/mol. The van der Waals surface area contributed by atoms with Gasteiger partial charge >= 0.3 is 0 Å². The van der Waals surface area contributed by atoms with E-state index in [1.165, 1.54) is 0 Å². The largest absolute Gasteiger partial charge is 0.349 e. The van der Waals surface area contributed by atoms with Gasteiger partial charge in [-0.05, 0) is 18.9 Å². The lowest BCUT2D eigenvalue weighted by atomic mass is 10.1. The molecule has 1 aliphatic rings. The van der Waals surface area contributed by atoms with Crippen molar-refractivity contribution < 1.29 is 4.79 Å². The zero-order valence-electron chi connectivity index (χ0n) is 6.11. The zero-order chi connectivity index (χ0) is 7.56. The van der Waals surface area contributed by atoms with Crippen molar-refractivity contribution in [2.75, 3.05) is 0 Å². The lowest BCUT2D eigenvalue weighted by Gasteiger charge is -2.06. The molecule has 0 spiro atoms. The highest BCUT2D eigenvalue weighted by atomic mass is 16.1. The molecule has 54 valence electrons. The van der Waals surface area contributed by atoms with Crippen LogP contribution in [0.15, 0.2) is 17.9 Å². The Hall–Kier alpha value is -1.01. The van der Waals surface area contributed by atoms with E-state index < -0.39 is 0 Å². The van der Waals surface area contributed by atoms with Crippen LogP contribution in [-0.2, 0) is 4.79 Å². The molecule has 0 aromatic rings. The molecule has 1 rings (SSSR count). The number of nitrogens with one attached hydrogen (secondary N) is 1. The molecule has 1 unspecified atom stereocenters.